The van der Waals surface area contributed by atoms with Gasteiger partial charge in [0.05, 0.1) is 25.9 Å². The normalized spacial score (nSPS) is 25.4. The molecule has 3 rings (SSSR count). The molecule has 32 heavy (non-hydrogen) atoms. The van der Waals surface area contributed by atoms with Crippen molar-refractivity contribution in [2.45, 2.75) is 64.2 Å². The van der Waals surface area contributed by atoms with E-state index in [2.05, 4.69) is 15.9 Å². The lowest BCUT2D eigenvalue weighted by Crippen LogP contribution is -2.60. The number of benzene rings is 2. The van der Waals surface area contributed by atoms with Crippen LogP contribution < -0.4 is 0 Å². The summed E-state index contributed by atoms with van der Waals surface area (Å²) in [6, 6.07) is 19.7. The second kappa shape index (κ2) is 13.1. The minimum atomic E-state index is -0.673. The SMILES string of the molecule is CC(=O)O[C@H]1[C@H](OCc2ccccc2)[C@H](OCCCBr)O[C@@H](C)[C@H]1OCc1ccccc1. The van der Waals surface area contributed by atoms with Gasteiger partial charge in [0.25, 0.3) is 0 Å². The molecule has 0 unspecified atom stereocenters. The molecule has 174 valence electrons. The third kappa shape index (κ3) is 7.39. The second-order valence-electron chi connectivity index (χ2n) is 7.72. The van der Waals surface area contributed by atoms with Crippen LogP contribution in [0.4, 0.5) is 0 Å². The Hall–Kier alpha value is -1.77. The molecule has 0 aromatic heterocycles. The molecule has 7 heteroatoms. The van der Waals surface area contributed by atoms with Gasteiger partial charge < -0.3 is 23.7 Å². The van der Waals surface area contributed by atoms with Crippen molar-refractivity contribution in [2.24, 2.45) is 0 Å². The summed E-state index contributed by atoms with van der Waals surface area (Å²) in [7, 11) is 0. The molecule has 2 aromatic rings. The zero-order valence-corrected chi connectivity index (χ0v) is 20.1. The van der Waals surface area contributed by atoms with Crippen molar-refractivity contribution in [3.63, 3.8) is 0 Å². The minimum Gasteiger partial charge on any atom is -0.457 e. The van der Waals surface area contributed by atoms with Crippen LogP contribution in [0.15, 0.2) is 60.7 Å². The summed E-state index contributed by atoms with van der Waals surface area (Å²) in [5.74, 6) is -0.398. The molecular weight excluding hydrogens is 476 g/mol. The maximum Gasteiger partial charge on any atom is 0.303 e. The Morgan fingerprint density at radius 2 is 1.44 bits per heavy atom. The van der Waals surface area contributed by atoms with Crippen molar-refractivity contribution >= 4 is 21.9 Å². The van der Waals surface area contributed by atoms with Crippen molar-refractivity contribution < 1.29 is 28.5 Å². The van der Waals surface area contributed by atoms with Gasteiger partial charge in [0.15, 0.2) is 12.4 Å². The summed E-state index contributed by atoms with van der Waals surface area (Å²) in [6.07, 6.45) is -2.01. The van der Waals surface area contributed by atoms with Crippen LogP contribution in [0.2, 0.25) is 0 Å². The smallest absolute Gasteiger partial charge is 0.303 e. The van der Waals surface area contributed by atoms with E-state index in [0.717, 1.165) is 22.9 Å². The highest BCUT2D eigenvalue weighted by atomic mass is 79.9. The first-order valence-electron chi connectivity index (χ1n) is 10.9. The second-order valence-corrected chi connectivity index (χ2v) is 8.51. The molecule has 1 aliphatic rings. The molecule has 0 saturated carbocycles. The number of hydrogen-bond acceptors (Lipinski definition) is 6. The average molecular weight is 507 g/mol. The summed E-state index contributed by atoms with van der Waals surface area (Å²) in [5, 5.41) is 0.820. The maximum atomic E-state index is 12.0. The highest BCUT2D eigenvalue weighted by molar-refractivity contribution is 9.09. The largest absolute Gasteiger partial charge is 0.457 e. The summed E-state index contributed by atoms with van der Waals surface area (Å²) in [5.41, 5.74) is 2.03. The molecule has 6 nitrogen and oxygen atoms in total. The van der Waals surface area contributed by atoms with Gasteiger partial charge in [-0.2, -0.15) is 0 Å². The number of hydrogen-bond donors (Lipinski definition) is 0. The summed E-state index contributed by atoms with van der Waals surface area (Å²) in [4.78, 5) is 12.0. The third-order valence-corrected chi connectivity index (χ3v) is 5.72. The van der Waals surface area contributed by atoms with E-state index < -0.39 is 30.6 Å². The zero-order chi connectivity index (χ0) is 22.8. The standard InChI is InChI=1S/C25H31BrO6/c1-18-22(29-16-20-10-5-3-6-11-20)23(32-19(2)27)24(25(31-18)28-15-9-14-26)30-17-21-12-7-4-8-13-21/h3-8,10-13,18,22-25H,9,14-17H2,1-2H3/t18-,22+,23+,24-,25+/m0/s1. The molecular formula is C25H31BrO6. The van der Waals surface area contributed by atoms with Crippen LogP contribution >= 0.6 is 15.9 Å². The molecule has 0 amide bonds. The number of carbonyl (C=O) groups excluding carboxylic acids is 1. The molecule has 0 N–H and O–H groups in total. The van der Waals surface area contributed by atoms with Gasteiger partial charge in [-0.05, 0) is 24.5 Å². The van der Waals surface area contributed by atoms with Gasteiger partial charge in [0.1, 0.15) is 12.2 Å². The van der Waals surface area contributed by atoms with Crippen LogP contribution in [0.1, 0.15) is 31.4 Å². The van der Waals surface area contributed by atoms with E-state index in [9.17, 15) is 4.79 Å². The Balaban J connectivity index is 1.78. The number of carbonyl (C=O) groups is 1. The first-order chi connectivity index (χ1) is 15.6. The fourth-order valence-electron chi connectivity index (χ4n) is 3.63. The monoisotopic (exact) mass is 506 g/mol. The van der Waals surface area contributed by atoms with Crippen LogP contribution in [-0.2, 0) is 41.7 Å². The van der Waals surface area contributed by atoms with Crippen molar-refractivity contribution in [3.05, 3.63) is 71.8 Å². The van der Waals surface area contributed by atoms with Crippen LogP contribution in [0.25, 0.3) is 0 Å². The lowest BCUT2D eigenvalue weighted by molar-refractivity contribution is -0.313. The lowest BCUT2D eigenvalue weighted by Gasteiger charge is -2.44. The van der Waals surface area contributed by atoms with Gasteiger partial charge >= 0.3 is 5.97 Å². The Labute approximate surface area is 198 Å². The number of esters is 1. The lowest BCUT2D eigenvalue weighted by atomic mass is 9.98. The number of ether oxygens (including phenoxy) is 5. The first kappa shape index (κ1) is 24.9. The van der Waals surface area contributed by atoms with E-state index >= 15 is 0 Å². The van der Waals surface area contributed by atoms with Gasteiger partial charge in [-0.15, -0.1) is 0 Å². The van der Waals surface area contributed by atoms with E-state index in [4.69, 9.17) is 23.7 Å². The van der Waals surface area contributed by atoms with Gasteiger partial charge in [-0.3, -0.25) is 4.79 Å². The Kier molecular flexibility index (Phi) is 10.1. The number of rotatable bonds is 11. The fraction of sp³-hybridized carbons (Fsp3) is 0.480. The molecule has 2 aromatic carbocycles. The average Bonchev–Trinajstić information content (AvgIpc) is 2.79. The fourth-order valence-corrected chi connectivity index (χ4v) is 3.86. The molecule has 1 aliphatic heterocycles. The van der Waals surface area contributed by atoms with Crippen molar-refractivity contribution in [1.29, 1.82) is 0 Å². The van der Waals surface area contributed by atoms with Crippen molar-refractivity contribution in [1.82, 2.24) is 0 Å². The number of alkyl halides is 1. The van der Waals surface area contributed by atoms with Crippen LogP contribution in [0.5, 0.6) is 0 Å². The van der Waals surface area contributed by atoms with E-state index in [-0.39, 0.29) is 6.10 Å². The summed E-state index contributed by atoms with van der Waals surface area (Å²) < 4.78 is 30.3. The first-order valence-corrected chi connectivity index (χ1v) is 12.0. The van der Waals surface area contributed by atoms with E-state index in [1.165, 1.54) is 6.92 Å². The maximum absolute atomic E-state index is 12.0. The Bertz CT molecular complexity index is 803. The highest BCUT2D eigenvalue weighted by Gasteiger charge is 2.48. The van der Waals surface area contributed by atoms with Crippen molar-refractivity contribution in [2.75, 3.05) is 11.9 Å². The minimum absolute atomic E-state index is 0.338. The van der Waals surface area contributed by atoms with Crippen LogP contribution in [-0.4, -0.2) is 48.6 Å². The topological polar surface area (TPSA) is 63.2 Å². The number of halogens is 1. The predicted octanol–water partition coefficient (Wildman–Crippen LogP) is 4.64. The molecule has 0 spiro atoms. The summed E-state index contributed by atoms with van der Waals surface area (Å²) >= 11 is 3.42. The van der Waals surface area contributed by atoms with Crippen molar-refractivity contribution in [3.8, 4) is 0 Å². The molecule has 1 saturated heterocycles. The Morgan fingerprint density at radius 3 is 1.97 bits per heavy atom. The van der Waals surface area contributed by atoms with Gasteiger partial charge in [0.2, 0.25) is 0 Å². The molecule has 0 radical (unpaired) electrons. The third-order valence-electron chi connectivity index (χ3n) is 5.16. The van der Waals surface area contributed by atoms with Gasteiger partial charge in [-0.25, -0.2) is 0 Å². The van der Waals surface area contributed by atoms with E-state index in [0.29, 0.717) is 19.8 Å². The van der Waals surface area contributed by atoms with E-state index in [1.54, 1.807) is 0 Å². The predicted molar refractivity (Wildman–Crippen MR) is 124 cm³/mol. The highest BCUT2D eigenvalue weighted by Crippen LogP contribution is 2.30. The van der Waals surface area contributed by atoms with Gasteiger partial charge in [0, 0.05) is 12.3 Å². The molecule has 0 aliphatic carbocycles. The molecule has 1 heterocycles. The molecule has 0 bridgehead atoms. The molecule has 1 fully saturated rings. The quantitative estimate of drug-likeness (QED) is 0.251. The van der Waals surface area contributed by atoms with Crippen LogP contribution in [0, 0.1) is 0 Å². The Morgan fingerprint density at radius 1 is 0.875 bits per heavy atom. The zero-order valence-electron chi connectivity index (χ0n) is 18.5. The summed E-state index contributed by atoms with van der Waals surface area (Å²) in [6.45, 7) is 4.50. The molecule has 5 atom stereocenters. The van der Waals surface area contributed by atoms with Gasteiger partial charge in [-0.1, -0.05) is 76.6 Å². The van der Waals surface area contributed by atoms with Crippen LogP contribution in [0.3, 0.4) is 0 Å². The van der Waals surface area contributed by atoms with E-state index in [1.807, 2.05) is 67.6 Å².